The zero-order valence-corrected chi connectivity index (χ0v) is 42.5. The van der Waals surface area contributed by atoms with E-state index in [2.05, 4.69) is 31.1 Å². The average Bonchev–Trinajstić information content (AvgIpc) is 3.28. The van der Waals surface area contributed by atoms with Crippen LogP contribution in [-0.2, 0) is 20.2 Å². The molecule has 2 amide bonds. The molecular weight excluding hydrogens is 978 g/mol. The summed E-state index contributed by atoms with van der Waals surface area (Å²) in [6.07, 6.45) is 0. The summed E-state index contributed by atoms with van der Waals surface area (Å²) >= 11 is 13.3. The molecule has 0 saturated carbocycles. The zero-order valence-electron chi connectivity index (χ0n) is 35.4. The van der Waals surface area contributed by atoms with Crippen molar-refractivity contribution in [1.29, 1.82) is 0 Å². The van der Waals surface area contributed by atoms with Gasteiger partial charge in [0.15, 0.2) is 11.5 Å². The topological polar surface area (TPSA) is 262 Å². The zero-order chi connectivity index (χ0) is 46.9. The molecule has 0 aliphatic heterocycles. The number of benzene rings is 8. The number of phenolic OH excluding ortho intramolecular Hbond substituents is 2. The van der Waals surface area contributed by atoms with Gasteiger partial charge in [0.05, 0.1) is 31.0 Å². The summed E-state index contributed by atoms with van der Waals surface area (Å²) in [5.41, 5.74) is 1.68. The van der Waals surface area contributed by atoms with E-state index in [0.717, 1.165) is 24.3 Å². The molecule has 0 atom stereocenters. The second-order valence-electron chi connectivity index (χ2n) is 14.3. The van der Waals surface area contributed by atoms with Crippen LogP contribution in [0.15, 0.2) is 176 Å². The standard InChI is InChI=1S/C46H30Cl2N6O10S2.2Na/c47-35-21-25(9-19-37(35)51-53-39-23-27-5-1-3-7-33(27)41(43(39)55)45(57)49-29-11-15-31(16-12-29)65(59,60)61)26-10-20-38(36(48)22-26)52-54-40-24-28-6-2-4-8-34(28)42(44(40)56)46(58)50-30-13-17-32(18-14-30)66(62,63)64;;/h1-24,55-56H,(H,49,57)(H,50,58)(H,59,60,61)(H,62,63,64);;/q;2*+1/p-2. The van der Waals surface area contributed by atoms with E-state index < -0.39 is 53.3 Å². The first-order valence-corrected chi connectivity index (χ1v) is 22.7. The molecule has 0 fully saturated rings. The van der Waals surface area contributed by atoms with E-state index in [1.54, 1.807) is 84.9 Å². The van der Waals surface area contributed by atoms with Crippen molar-refractivity contribution >= 4 is 111 Å². The van der Waals surface area contributed by atoms with E-state index in [4.69, 9.17) is 23.2 Å². The predicted molar refractivity (Wildman–Crippen MR) is 246 cm³/mol. The Kier molecular flexibility index (Phi) is 16.3. The van der Waals surface area contributed by atoms with Gasteiger partial charge in [-0.15, -0.1) is 20.5 Å². The Hall–Kier alpha value is -5.58. The number of hydrogen-bond donors (Lipinski definition) is 4. The van der Waals surface area contributed by atoms with Gasteiger partial charge >= 0.3 is 59.1 Å². The molecule has 8 rings (SSSR count). The summed E-state index contributed by atoms with van der Waals surface area (Å²) in [5.74, 6) is -2.45. The van der Waals surface area contributed by atoms with Crippen molar-refractivity contribution in [2.24, 2.45) is 20.5 Å². The molecule has 0 spiro atoms. The van der Waals surface area contributed by atoms with E-state index in [9.17, 15) is 45.7 Å². The van der Waals surface area contributed by atoms with Crippen LogP contribution in [0.3, 0.4) is 0 Å². The number of carbonyl (C=O) groups is 2. The number of rotatable bonds is 11. The summed E-state index contributed by atoms with van der Waals surface area (Å²) < 4.78 is 68.0. The average molecular weight is 1010 g/mol. The van der Waals surface area contributed by atoms with Crippen molar-refractivity contribution in [3.8, 4) is 22.6 Å². The smallest absolute Gasteiger partial charge is 0.744 e. The quantitative estimate of drug-likeness (QED) is 0.0715. The first kappa shape index (κ1) is 51.8. The maximum Gasteiger partial charge on any atom is 1.00 e. The molecule has 0 saturated heterocycles. The molecule has 22 heteroatoms. The fourth-order valence-electron chi connectivity index (χ4n) is 6.80. The van der Waals surface area contributed by atoms with Gasteiger partial charge in [-0.1, -0.05) is 83.9 Å². The van der Waals surface area contributed by atoms with Gasteiger partial charge in [-0.3, -0.25) is 9.59 Å². The Bertz CT molecular complexity index is 3350. The van der Waals surface area contributed by atoms with Gasteiger partial charge in [0.25, 0.3) is 11.8 Å². The second kappa shape index (κ2) is 21.4. The van der Waals surface area contributed by atoms with E-state index in [0.29, 0.717) is 32.7 Å². The Morgan fingerprint density at radius 1 is 0.471 bits per heavy atom. The molecule has 4 N–H and O–H groups in total. The monoisotopic (exact) mass is 1000 g/mol. The van der Waals surface area contributed by atoms with Crippen LogP contribution in [0.25, 0.3) is 32.7 Å². The van der Waals surface area contributed by atoms with Crippen molar-refractivity contribution in [3.05, 3.63) is 167 Å². The van der Waals surface area contributed by atoms with Crippen LogP contribution >= 0.6 is 23.2 Å². The van der Waals surface area contributed by atoms with Gasteiger partial charge in [0.1, 0.15) is 43.0 Å². The van der Waals surface area contributed by atoms with Crippen LogP contribution in [0, 0.1) is 0 Å². The van der Waals surface area contributed by atoms with Gasteiger partial charge in [0.2, 0.25) is 0 Å². The minimum atomic E-state index is -4.70. The molecule has 330 valence electrons. The van der Waals surface area contributed by atoms with E-state index in [1.807, 2.05) is 0 Å². The van der Waals surface area contributed by atoms with Crippen LogP contribution in [0.4, 0.5) is 34.1 Å². The molecule has 16 nitrogen and oxygen atoms in total. The van der Waals surface area contributed by atoms with E-state index in [1.165, 1.54) is 36.4 Å². The fourth-order valence-corrected chi connectivity index (χ4v) is 8.18. The number of fused-ring (bicyclic) bond motifs is 2. The van der Waals surface area contributed by atoms with Gasteiger partial charge in [-0.25, -0.2) is 16.8 Å². The first-order valence-electron chi connectivity index (χ1n) is 19.1. The van der Waals surface area contributed by atoms with Crippen LogP contribution < -0.4 is 69.7 Å². The number of amides is 2. The summed E-state index contributed by atoms with van der Waals surface area (Å²) in [7, 11) is -9.40. The summed E-state index contributed by atoms with van der Waals surface area (Å²) in [6.45, 7) is 0. The van der Waals surface area contributed by atoms with Crippen LogP contribution in [-0.4, -0.2) is 48.0 Å². The summed E-state index contributed by atoms with van der Waals surface area (Å²) in [4.78, 5) is 26.0. The third-order valence-electron chi connectivity index (χ3n) is 10.0. The molecular formula is C46H28Cl2N6Na2O10S2. The van der Waals surface area contributed by atoms with Crippen LogP contribution in [0.1, 0.15) is 20.7 Å². The molecule has 0 aliphatic rings. The Morgan fingerprint density at radius 3 is 1.15 bits per heavy atom. The number of azo groups is 2. The molecule has 0 unspecified atom stereocenters. The minimum Gasteiger partial charge on any atom is -0.744 e. The first-order chi connectivity index (χ1) is 31.4. The Labute approximate surface area is 441 Å². The predicted octanol–water partition coefficient (Wildman–Crippen LogP) is 5.53. The molecule has 0 aliphatic carbocycles. The molecule has 0 bridgehead atoms. The van der Waals surface area contributed by atoms with Crippen LogP contribution in [0.5, 0.6) is 11.5 Å². The number of hydrogen-bond acceptors (Lipinski definition) is 14. The minimum absolute atomic E-state index is 0. The number of anilines is 2. The summed E-state index contributed by atoms with van der Waals surface area (Å²) in [6, 6.07) is 35.6. The summed E-state index contributed by atoms with van der Waals surface area (Å²) in [5, 5.41) is 46.9. The number of aromatic hydroxyl groups is 2. The third kappa shape index (κ3) is 11.5. The number of halogens is 2. The largest absolute Gasteiger partial charge is 1.00 e. The molecule has 8 aromatic rings. The SMILES string of the molecule is O=C(Nc1ccc(S(=O)(=O)[O-])cc1)c1c(O)c(N=Nc2ccc(-c3ccc(N=Nc4cc5ccccc5c(C(=O)Nc5ccc(S(=O)(=O)[O-])cc5)c4O)c(Cl)c3)cc2Cl)cc2ccccc12.[Na+].[Na+]. The molecule has 0 heterocycles. The maximum absolute atomic E-state index is 13.5. The van der Waals surface area contributed by atoms with Crippen molar-refractivity contribution in [1.82, 2.24) is 0 Å². The fraction of sp³-hybridized carbons (Fsp3) is 0. The van der Waals surface area contributed by atoms with Crippen molar-refractivity contribution in [2.45, 2.75) is 9.79 Å². The Balaban J connectivity index is 0.00000381. The van der Waals surface area contributed by atoms with E-state index in [-0.39, 0.29) is 114 Å². The molecule has 8 aromatic carbocycles. The van der Waals surface area contributed by atoms with Gasteiger partial charge in [-0.2, -0.15) is 0 Å². The van der Waals surface area contributed by atoms with Crippen LogP contribution in [0.2, 0.25) is 10.0 Å². The second-order valence-corrected chi connectivity index (χ2v) is 17.9. The number of carbonyl (C=O) groups excluding carboxylic acids is 2. The van der Waals surface area contributed by atoms with Gasteiger partial charge in [-0.05, 0) is 118 Å². The van der Waals surface area contributed by atoms with E-state index >= 15 is 0 Å². The Morgan fingerprint density at radius 2 is 0.809 bits per heavy atom. The molecule has 68 heavy (non-hydrogen) atoms. The number of nitrogens with zero attached hydrogens (tertiary/aromatic N) is 4. The van der Waals surface area contributed by atoms with Gasteiger partial charge in [0, 0.05) is 11.4 Å². The molecule has 0 radical (unpaired) electrons. The van der Waals surface area contributed by atoms with Gasteiger partial charge < -0.3 is 30.0 Å². The van der Waals surface area contributed by atoms with Crippen molar-refractivity contribution < 1.29 is 105 Å². The maximum atomic E-state index is 13.5. The third-order valence-corrected chi connectivity index (χ3v) is 12.3. The molecule has 0 aromatic heterocycles. The number of phenols is 2. The van der Waals surface area contributed by atoms with Crippen molar-refractivity contribution in [3.63, 3.8) is 0 Å². The number of nitrogens with one attached hydrogen (secondary N) is 2. The van der Waals surface area contributed by atoms with Crippen molar-refractivity contribution in [2.75, 3.05) is 10.6 Å². The normalized spacial score (nSPS) is 11.6.